The molecule has 0 bridgehead atoms. The molecule has 3 aromatic rings. The fourth-order valence-electron chi connectivity index (χ4n) is 4.70. The topological polar surface area (TPSA) is 38.1 Å². The van der Waals surface area contributed by atoms with E-state index in [-0.39, 0.29) is 17.8 Å². The number of halogens is 1. The maximum absolute atomic E-state index is 15.2. The van der Waals surface area contributed by atoms with Gasteiger partial charge in [0.25, 0.3) is 5.91 Å². The van der Waals surface area contributed by atoms with E-state index in [4.69, 9.17) is 0 Å². The molecule has 148 valence electrons. The van der Waals surface area contributed by atoms with E-state index >= 15 is 4.39 Å². The molecular weight excluding hydrogens is 365 g/mol. The van der Waals surface area contributed by atoms with Crippen LogP contribution in [0.1, 0.15) is 58.3 Å². The summed E-state index contributed by atoms with van der Waals surface area (Å²) in [4.78, 5) is 14.9. The lowest BCUT2D eigenvalue weighted by molar-refractivity contribution is 0.0706. The lowest BCUT2D eigenvalue weighted by atomic mass is 9.95. The number of hydrogen-bond acceptors (Lipinski definition) is 2. The van der Waals surface area contributed by atoms with Gasteiger partial charge in [0.2, 0.25) is 0 Å². The Morgan fingerprint density at radius 1 is 1.17 bits per heavy atom. The highest BCUT2D eigenvalue weighted by Crippen LogP contribution is 2.35. The Balaban J connectivity index is 1.42. The van der Waals surface area contributed by atoms with E-state index in [1.165, 1.54) is 0 Å². The smallest absolute Gasteiger partial charge is 0.254 e. The van der Waals surface area contributed by atoms with Crippen LogP contribution in [0.25, 0.3) is 5.69 Å². The molecule has 1 aliphatic carbocycles. The summed E-state index contributed by atoms with van der Waals surface area (Å²) in [5.74, 6) is -0.208. The van der Waals surface area contributed by atoms with Gasteiger partial charge in [-0.05, 0) is 67.1 Å². The van der Waals surface area contributed by atoms with Crippen molar-refractivity contribution >= 4 is 5.91 Å². The molecular formula is C24H24FN3O. The largest absolute Gasteiger partial charge is 0.331 e. The molecule has 0 spiro atoms. The molecule has 0 saturated heterocycles. The van der Waals surface area contributed by atoms with Crippen molar-refractivity contribution in [3.8, 4) is 5.69 Å². The molecule has 1 amide bonds. The van der Waals surface area contributed by atoms with Crippen LogP contribution in [0.3, 0.4) is 0 Å². The van der Waals surface area contributed by atoms with E-state index < -0.39 is 0 Å². The molecule has 5 rings (SSSR count). The molecule has 0 N–H and O–H groups in total. The number of fused-ring (bicyclic) bond motifs is 1. The minimum Gasteiger partial charge on any atom is -0.331 e. The van der Waals surface area contributed by atoms with Crippen LogP contribution in [0, 0.1) is 12.7 Å². The maximum atomic E-state index is 15.2. The van der Waals surface area contributed by atoms with Gasteiger partial charge in [-0.3, -0.25) is 4.79 Å². The van der Waals surface area contributed by atoms with Crippen LogP contribution in [-0.2, 0) is 13.0 Å². The number of benzene rings is 2. The Morgan fingerprint density at radius 3 is 2.62 bits per heavy atom. The molecule has 1 saturated carbocycles. The predicted octanol–water partition coefficient (Wildman–Crippen LogP) is 4.81. The van der Waals surface area contributed by atoms with Gasteiger partial charge in [0.15, 0.2) is 0 Å². The minimum absolute atomic E-state index is 0.00100. The van der Waals surface area contributed by atoms with Crippen molar-refractivity contribution in [2.75, 3.05) is 0 Å². The average Bonchev–Trinajstić information content (AvgIpc) is 3.49. The van der Waals surface area contributed by atoms with Gasteiger partial charge in [0.1, 0.15) is 5.82 Å². The van der Waals surface area contributed by atoms with Crippen molar-refractivity contribution in [2.45, 2.75) is 51.6 Å². The predicted molar refractivity (Wildman–Crippen MR) is 110 cm³/mol. The second-order valence-corrected chi connectivity index (χ2v) is 8.17. The van der Waals surface area contributed by atoms with Crippen LogP contribution >= 0.6 is 0 Å². The van der Waals surface area contributed by atoms with Gasteiger partial charge in [0.05, 0.1) is 5.69 Å². The van der Waals surface area contributed by atoms with Gasteiger partial charge in [-0.15, -0.1) is 0 Å². The van der Waals surface area contributed by atoms with E-state index in [1.54, 1.807) is 10.9 Å². The number of carbonyl (C=O) groups excluding carboxylic acids is 1. The highest BCUT2D eigenvalue weighted by atomic mass is 19.1. The maximum Gasteiger partial charge on any atom is 0.254 e. The Labute approximate surface area is 170 Å². The first kappa shape index (κ1) is 18.1. The van der Waals surface area contributed by atoms with Crippen LogP contribution in [0.2, 0.25) is 0 Å². The zero-order valence-corrected chi connectivity index (χ0v) is 16.6. The van der Waals surface area contributed by atoms with Gasteiger partial charge in [-0.1, -0.05) is 25.0 Å². The third-order valence-corrected chi connectivity index (χ3v) is 6.40. The fraction of sp³-hybridized carbons (Fsp3) is 0.333. The van der Waals surface area contributed by atoms with Crippen molar-refractivity contribution in [2.24, 2.45) is 0 Å². The van der Waals surface area contributed by atoms with E-state index in [2.05, 4.69) is 5.10 Å². The SMILES string of the molecule is Cc1c(Cc2ccc(-n3cccn3)cc2)cc2c(c1F)CN(C1CCCC1)C2=O. The van der Waals surface area contributed by atoms with Crippen molar-refractivity contribution in [1.82, 2.24) is 14.7 Å². The molecule has 2 heterocycles. The van der Waals surface area contributed by atoms with E-state index in [1.807, 2.05) is 54.4 Å². The van der Waals surface area contributed by atoms with Crippen molar-refractivity contribution in [1.29, 1.82) is 0 Å². The van der Waals surface area contributed by atoms with E-state index in [9.17, 15) is 4.79 Å². The van der Waals surface area contributed by atoms with Crippen LogP contribution < -0.4 is 0 Å². The second kappa shape index (κ2) is 7.14. The van der Waals surface area contributed by atoms with Crippen LogP contribution in [-0.4, -0.2) is 26.6 Å². The summed E-state index contributed by atoms with van der Waals surface area (Å²) in [7, 11) is 0. The van der Waals surface area contributed by atoms with Gasteiger partial charge in [-0.25, -0.2) is 9.07 Å². The molecule has 0 atom stereocenters. The summed E-state index contributed by atoms with van der Waals surface area (Å²) in [6, 6.07) is 12.2. The molecule has 2 aromatic carbocycles. The minimum atomic E-state index is -0.209. The number of carbonyl (C=O) groups is 1. The summed E-state index contributed by atoms with van der Waals surface area (Å²) in [6.45, 7) is 2.25. The molecule has 0 radical (unpaired) electrons. The number of aromatic nitrogens is 2. The average molecular weight is 389 g/mol. The van der Waals surface area contributed by atoms with Crippen molar-refractivity contribution in [3.63, 3.8) is 0 Å². The lowest BCUT2D eigenvalue weighted by Crippen LogP contribution is -2.33. The summed E-state index contributed by atoms with van der Waals surface area (Å²) < 4.78 is 17.0. The zero-order chi connectivity index (χ0) is 20.0. The van der Waals surface area contributed by atoms with Crippen LogP contribution in [0.15, 0.2) is 48.8 Å². The van der Waals surface area contributed by atoms with Gasteiger partial charge in [0, 0.05) is 36.1 Å². The molecule has 1 fully saturated rings. The molecule has 5 heteroatoms. The second-order valence-electron chi connectivity index (χ2n) is 8.17. The third-order valence-electron chi connectivity index (χ3n) is 6.40. The lowest BCUT2D eigenvalue weighted by Gasteiger charge is -2.23. The van der Waals surface area contributed by atoms with E-state index in [0.29, 0.717) is 29.7 Å². The summed E-state index contributed by atoms with van der Waals surface area (Å²) >= 11 is 0. The summed E-state index contributed by atoms with van der Waals surface area (Å²) in [5, 5.41) is 4.24. The third kappa shape index (κ3) is 3.15. The van der Waals surface area contributed by atoms with Crippen LogP contribution in [0.5, 0.6) is 0 Å². The van der Waals surface area contributed by atoms with Gasteiger partial charge < -0.3 is 4.90 Å². The van der Waals surface area contributed by atoms with Gasteiger partial charge in [-0.2, -0.15) is 5.10 Å². The quantitative estimate of drug-likeness (QED) is 0.642. The first-order valence-electron chi connectivity index (χ1n) is 10.3. The summed E-state index contributed by atoms with van der Waals surface area (Å²) in [6.07, 6.45) is 8.64. The normalized spacial score (nSPS) is 16.6. The Bertz CT molecular complexity index is 1050. The molecule has 1 aromatic heterocycles. The van der Waals surface area contributed by atoms with Gasteiger partial charge >= 0.3 is 0 Å². The zero-order valence-electron chi connectivity index (χ0n) is 16.6. The molecule has 1 aliphatic heterocycles. The van der Waals surface area contributed by atoms with Crippen LogP contribution in [0.4, 0.5) is 4.39 Å². The highest BCUT2D eigenvalue weighted by molar-refractivity contribution is 5.99. The van der Waals surface area contributed by atoms with Crippen molar-refractivity contribution in [3.05, 3.63) is 82.4 Å². The van der Waals surface area contributed by atoms with Crippen molar-refractivity contribution < 1.29 is 9.18 Å². The standard InChI is InChI=1S/C24H24FN3O/c1-16-18(13-17-7-9-20(10-8-17)28-12-4-11-26-28)14-21-22(23(16)25)15-27(24(21)29)19-5-2-3-6-19/h4,7-12,14,19H,2-3,5-6,13,15H2,1H3. The molecule has 29 heavy (non-hydrogen) atoms. The monoisotopic (exact) mass is 389 g/mol. The van der Waals surface area contributed by atoms with E-state index in [0.717, 1.165) is 42.5 Å². The highest BCUT2D eigenvalue weighted by Gasteiger charge is 2.36. The first-order chi connectivity index (χ1) is 14.1. The number of rotatable bonds is 4. The Morgan fingerprint density at radius 2 is 1.93 bits per heavy atom. The molecule has 2 aliphatic rings. The molecule has 0 unspecified atom stereocenters. The fourth-order valence-corrected chi connectivity index (χ4v) is 4.70. The Kier molecular flexibility index (Phi) is 4.46. The molecule has 4 nitrogen and oxygen atoms in total. The Hall–Kier alpha value is -2.95. The number of amides is 1. The number of nitrogens with zero attached hydrogens (tertiary/aromatic N) is 3. The summed E-state index contributed by atoms with van der Waals surface area (Å²) in [5.41, 5.74) is 4.75. The first-order valence-corrected chi connectivity index (χ1v) is 10.3. The number of hydrogen-bond donors (Lipinski definition) is 0.